The summed E-state index contributed by atoms with van der Waals surface area (Å²) in [5.74, 6) is -0.170. The van der Waals surface area contributed by atoms with Crippen molar-refractivity contribution in [2.45, 2.75) is 13.3 Å². The highest BCUT2D eigenvalue weighted by molar-refractivity contribution is 7.20. The largest absolute Gasteiger partial charge is 0.396 e. The summed E-state index contributed by atoms with van der Waals surface area (Å²) in [6.45, 7) is 2.36. The SMILES string of the molecule is Cc1nn(C)c2sc(C(=O)NCC(CO)Cc3ccccn3)cc12. The van der Waals surface area contributed by atoms with Gasteiger partial charge in [0, 0.05) is 43.4 Å². The highest BCUT2D eigenvalue weighted by Gasteiger charge is 2.16. The first-order chi connectivity index (χ1) is 11.6. The summed E-state index contributed by atoms with van der Waals surface area (Å²) in [6, 6.07) is 7.58. The number of aliphatic hydroxyl groups excluding tert-OH is 1. The molecule has 3 aromatic rings. The van der Waals surface area contributed by atoms with Crippen LogP contribution >= 0.6 is 11.3 Å². The third-order valence-electron chi connectivity index (χ3n) is 3.95. The fourth-order valence-electron chi connectivity index (χ4n) is 2.66. The van der Waals surface area contributed by atoms with Crippen molar-refractivity contribution >= 4 is 27.5 Å². The van der Waals surface area contributed by atoms with Crippen LogP contribution in [0.3, 0.4) is 0 Å². The van der Waals surface area contributed by atoms with Crippen LogP contribution in [-0.4, -0.2) is 38.9 Å². The van der Waals surface area contributed by atoms with Crippen LogP contribution < -0.4 is 5.32 Å². The Morgan fingerprint density at radius 1 is 1.46 bits per heavy atom. The number of fused-ring (bicyclic) bond motifs is 1. The smallest absolute Gasteiger partial charge is 0.261 e. The van der Waals surface area contributed by atoms with Crippen LogP contribution in [0.4, 0.5) is 0 Å². The minimum absolute atomic E-state index is 0.00625. The molecule has 0 saturated heterocycles. The summed E-state index contributed by atoms with van der Waals surface area (Å²) >= 11 is 1.43. The van der Waals surface area contributed by atoms with Crippen molar-refractivity contribution in [3.8, 4) is 0 Å². The van der Waals surface area contributed by atoms with Gasteiger partial charge in [-0.25, -0.2) is 0 Å². The molecular weight excluding hydrogens is 324 g/mol. The average molecular weight is 344 g/mol. The van der Waals surface area contributed by atoms with Crippen LogP contribution in [0.25, 0.3) is 10.2 Å². The van der Waals surface area contributed by atoms with Gasteiger partial charge in [-0.2, -0.15) is 5.10 Å². The Balaban J connectivity index is 1.63. The Labute approximate surface area is 144 Å². The topological polar surface area (TPSA) is 80.0 Å². The van der Waals surface area contributed by atoms with Crippen molar-refractivity contribution in [2.75, 3.05) is 13.2 Å². The molecular formula is C17H20N4O2S. The summed E-state index contributed by atoms with van der Waals surface area (Å²) in [4.78, 5) is 18.3. The molecule has 0 aliphatic heterocycles. The van der Waals surface area contributed by atoms with Crippen LogP contribution in [0, 0.1) is 12.8 Å². The number of hydrogen-bond donors (Lipinski definition) is 2. The highest BCUT2D eigenvalue weighted by atomic mass is 32.1. The lowest BCUT2D eigenvalue weighted by Gasteiger charge is -2.14. The molecule has 1 atom stereocenters. The molecule has 1 unspecified atom stereocenters. The maximum atomic E-state index is 12.4. The Hall–Kier alpha value is -2.25. The van der Waals surface area contributed by atoms with Gasteiger partial charge in [0.25, 0.3) is 5.91 Å². The molecule has 3 heterocycles. The van der Waals surface area contributed by atoms with Gasteiger partial charge in [-0.05, 0) is 31.5 Å². The Morgan fingerprint density at radius 2 is 2.29 bits per heavy atom. The van der Waals surface area contributed by atoms with Gasteiger partial charge in [0.1, 0.15) is 4.83 Å². The standard InChI is InChI=1S/C17H20N4O2S/c1-11-14-8-15(24-17(14)21(2)20-11)16(23)19-9-12(10-22)7-13-5-3-4-6-18-13/h3-6,8,12,22H,7,9-10H2,1-2H3,(H,19,23). The van der Waals surface area contributed by atoms with Crippen molar-refractivity contribution in [3.63, 3.8) is 0 Å². The zero-order chi connectivity index (χ0) is 17.1. The van der Waals surface area contributed by atoms with E-state index in [-0.39, 0.29) is 18.4 Å². The number of hydrogen-bond acceptors (Lipinski definition) is 5. The molecule has 6 nitrogen and oxygen atoms in total. The molecule has 0 aliphatic rings. The fraction of sp³-hybridized carbons (Fsp3) is 0.353. The molecule has 0 bridgehead atoms. The third-order valence-corrected chi connectivity index (χ3v) is 5.15. The number of aliphatic hydroxyl groups is 1. The molecule has 1 amide bonds. The van der Waals surface area contributed by atoms with E-state index in [1.165, 1.54) is 11.3 Å². The van der Waals surface area contributed by atoms with Crippen molar-refractivity contribution in [2.24, 2.45) is 13.0 Å². The predicted octanol–water partition coefficient (Wildman–Crippen LogP) is 1.92. The average Bonchev–Trinajstić information content (AvgIpc) is 3.14. The van der Waals surface area contributed by atoms with Gasteiger partial charge in [-0.1, -0.05) is 6.07 Å². The number of carbonyl (C=O) groups is 1. The van der Waals surface area contributed by atoms with Gasteiger partial charge in [0.2, 0.25) is 0 Å². The second-order valence-electron chi connectivity index (χ2n) is 5.82. The molecule has 0 fully saturated rings. The predicted molar refractivity (Wildman–Crippen MR) is 94.2 cm³/mol. The molecule has 3 aromatic heterocycles. The van der Waals surface area contributed by atoms with E-state index in [9.17, 15) is 9.90 Å². The molecule has 0 aromatic carbocycles. The van der Waals surface area contributed by atoms with Crippen LogP contribution in [-0.2, 0) is 13.5 Å². The quantitative estimate of drug-likeness (QED) is 0.716. The van der Waals surface area contributed by atoms with Crippen LogP contribution in [0.2, 0.25) is 0 Å². The fourth-order valence-corrected chi connectivity index (χ4v) is 3.70. The van der Waals surface area contributed by atoms with Crippen molar-refractivity contribution in [1.82, 2.24) is 20.1 Å². The number of rotatable bonds is 6. The lowest BCUT2D eigenvalue weighted by atomic mass is 10.0. The zero-order valence-electron chi connectivity index (χ0n) is 13.7. The normalized spacial score (nSPS) is 12.5. The maximum Gasteiger partial charge on any atom is 0.261 e. The van der Waals surface area contributed by atoms with Crippen LogP contribution in [0.1, 0.15) is 21.1 Å². The lowest BCUT2D eigenvalue weighted by molar-refractivity contribution is 0.0944. The Bertz CT molecular complexity index is 807. The molecule has 0 aliphatic carbocycles. The second-order valence-corrected chi connectivity index (χ2v) is 6.85. The Morgan fingerprint density at radius 3 is 2.96 bits per heavy atom. The van der Waals surface area contributed by atoms with Gasteiger partial charge in [-0.15, -0.1) is 11.3 Å². The van der Waals surface area contributed by atoms with E-state index in [1.807, 2.05) is 38.2 Å². The molecule has 24 heavy (non-hydrogen) atoms. The first-order valence-corrected chi connectivity index (χ1v) is 8.62. The van der Waals surface area contributed by atoms with E-state index < -0.39 is 0 Å². The lowest BCUT2D eigenvalue weighted by Crippen LogP contribution is -2.31. The minimum Gasteiger partial charge on any atom is -0.396 e. The van der Waals surface area contributed by atoms with E-state index in [0.717, 1.165) is 21.6 Å². The zero-order valence-corrected chi connectivity index (χ0v) is 14.5. The number of thiophene rings is 1. The van der Waals surface area contributed by atoms with Gasteiger partial charge in [0.15, 0.2) is 0 Å². The molecule has 3 rings (SSSR count). The minimum atomic E-state index is -0.116. The summed E-state index contributed by atoms with van der Waals surface area (Å²) in [5.41, 5.74) is 1.83. The number of pyridine rings is 1. The van der Waals surface area contributed by atoms with Gasteiger partial charge in [0.05, 0.1) is 10.6 Å². The number of amides is 1. The van der Waals surface area contributed by atoms with Gasteiger partial charge in [-0.3, -0.25) is 14.5 Å². The monoisotopic (exact) mass is 344 g/mol. The molecule has 0 radical (unpaired) electrons. The summed E-state index contributed by atoms with van der Waals surface area (Å²) in [5, 5.41) is 17.8. The van der Waals surface area contributed by atoms with E-state index in [4.69, 9.17) is 0 Å². The number of aryl methyl sites for hydroxylation is 2. The molecule has 2 N–H and O–H groups in total. The number of carbonyl (C=O) groups excluding carboxylic acids is 1. The van der Waals surface area contributed by atoms with E-state index >= 15 is 0 Å². The van der Waals surface area contributed by atoms with Crippen LogP contribution in [0.5, 0.6) is 0 Å². The van der Waals surface area contributed by atoms with Gasteiger partial charge >= 0.3 is 0 Å². The summed E-state index contributed by atoms with van der Waals surface area (Å²) in [6.07, 6.45) is 2.36. The maximum absolute atomic E-state index is 12.4. The van der Waals surface area contributed by atoms with Crippen molar-refractivity contribution in [1.29, 1.82) is 0 Å². The highest BCUT2D eigenvalue weighted by Crippen LogP contribution is 2.27. The van der Waals surface area contributed by atoms with E-state index in [2.05, 4.69) is 15.4 Å². The summed E-state index contributed by atoms with van der Waals surface area (Å²) < 4.78 is 1.80. The number of aromatic nitrogens is 3. The summed E-state index contributed by atoms with van der Waals surface area (Å²) in [7, 11) is 1.88. The van der Waals surface area contributed by atoms with E-state index in [0.29, 0.717) is 17.8 Å². The number of nitrogens with zero attached hydrogens (tertiary/aromatic N) is 3. The third kappa shape index (κ3) is 3.47. The van der Waals surface area contributed by atoms with Gasteiger partial charge < -0.3 is 10.4 Å². The van der Waals surface area contributed by atoms with E-state index in [1.54, 1.807) is 10.9 Å². The first-order valence-electron chi connectivity index (χ1n) is 7.80. The molecule has 126 valence electrons. The van der Waals surface area contributed by atoms with Crippen molar-refractivity contribution in [3.05, 3.63) is 46.7 Å². The molecule has 7 heteroatoms. The second kappa shape index (κ2) is 7.11. The van der Waals surface area contributed by atoms with Crippen LogP contribution in [0.15, 0.2) is 30.5 Å². The van der Waals surface area contributed by atoms with Crippen molar-refractivity contribution < 1.29 is 9.90 Å². The molecule has 0 saturated carbocycles. The number of nitrogens with one attached hydrogen (secondary N) is 1. The molecule has 0 spiro atoms. The Kier molecular flexibility index (Phi) is 4.92. The first kappa shape index (κ1) is 16.6.